The minimum absolute atomic E-state index is 0.0318. The Morgan fingerprint density at radius 1 is 1.11 bits per heavy atom. The summed E-state index contributed by atoms with van der Waals surface area (Å²) in [6, 6.07) is 9.75. The fourth-order valence-corrected chi connectivity index (χ4v) is 3.96. The van der Waals surface area contributed by atoms with Gasteiger partial charge in [-0.3, -0.25) is 4.90 Å². The molecular weight excluding hydrogens is 346 g/mol. The van der Waals surface area contributed by atoms with Crippen molar-refractivity contribution in [3.05, 3.63) is 35.9 Å². The summed E-state index contributed by atoms with van der Waals surface area (Å²) in [6.45, 7) is 6.84. The van der Waals surface area contributed by atoms with Gasteiger partial charge in [-0.15, -0.1) is 0 Å². The van der Waals surface area contributed by atoms with Crippen molar-refractivity contribution in [2.45, 2.75) is 32.4 Å². The van der Waals surface area contributed by atoms with E-state index in [2.05, 4.69) is 4.90 Å². The maximum atomic E-state index is 12.2. The number of carboxylic acid groups (broad SMARTS) is 1. The minimum atomic E-state index is -0.829. The fraction of sp³-hybridized carbons (Fsp3) is 0.600. The summed E-state index contributed by atoms with van der Waals surface area (Å²) >= 11 is 0. The van der Waals surface area contributed by atoms with Gasteiger partial charge in [-0.1, -0.05) is 30.3 Å². The quantitative estimate of drug-likeness (QED) is 0.876. The van der Waals surface area contributed by atoms with E-state index in [0.717, 1.165) is 51.1 Å². The number of amides is 2. The number of benzene rings is 1. The highest BCUT2D eigenvalue weighted by Gasteiger charge is 2.30. The number of nitrogens with zero attached hydrogens (tertiary/aromatic N) is 3. The molecule has 0 spiro atoms. The molecule has 0 aliphatic carbocycles. The van der Waals surface area contributed by atoms with Gasteiger partial charge in [0, 0.05) is 45.3 Å². The molecule has 7 heteroatoms. The van der Waals surface area contributed by atoms with Gasteiger partial charge in [0.25, 0.3) is 0 Å². The summed E-state index contributed by atoms with van der Waals surface area (Å²) in [5, 5.41) is 9.17. The Morgan fingerprint density at radius 3 is 2.44 bits per heavy atom. The smallest absolute Gasteiger partial charge is 0.410 e. The topological polar surface area (TPSA) is 73.3 Å². The van der Waals surface area contributed by atoms with E-state index in [9.17, 15) is 14.7 Å². The fourth-order valence-electron chi connectivity index (χ4n) is 3.96. The lowest BCUT2D eigenvalue weighted by atomic mass is 9.96. The van der Waals surface area contributed by atoms with Gasteiger partial charge in [0.2, 0.25) is 0 Å². The molecule has 148 valence electrons. The van der Waals surface area contributed by atoms with Crippen molar-refractivity contribution in [3.8, 4) is 0 Å². The van der Waals surface area contributed by atoms with Crippen molar-refractivity contribution >= 4 is 12.2 Å². The van der Waals surface area contributed by atoms with Gasteiger partial charge in [0.05, 0.1) is 0 Å². The second kappa shape index (κ2) is 9.08. The molecule has 0 bridgehead atoms. The second-order valence-electron chi connectivity index (χ2n) is 7.56. The van der Waals surface area contributed by atoms with Crippen molar-refractivity contribution < 1.29 is 19.4 Å². The van der Waals surface area contributed by atoms with E-state index in [1.165, 1.54) is 4.90 Å². The van der Waals surface area contributed by atoms with Crippen LogP contribution in [0.2, 0.25) is 0 Å². The lowest BCUT2D eigenvalue weighted by Crippen LogP contribution is -2.54. The molecule has 1 aromatic rings. The van der Waals surface area contributed by atoms with E-state index < -0.39 is 6.09 Å². The zero-order valence-corrected chi connectivity index (χ0v) is 15.9. The molecule has 0 radical (unpaired) electrons. The van der Waals surface area contributed by atoms with Crippen molar-refractivity contribution in [2.24, 2.45) is 5.92 Å². The lowest BCUT2D eigenvalue weighted by Gasteiger charge is -2.41. The molecule has 2 aliphatic rings. The van der Waals surface area contributed by atoms with Crippen LogP contribution in [0.15, 0.2) is 30.3 Å². The lowest BCUT2D eigenvalue weighted by molar-refractivity contribution is 0.0538. The molecule has 2 saturated heterocycles. The largest absolute Gasteiger partial charge is 0.465 e. The molecule has 0 aromatic heterocycles. The molecule has 1 aromatic carbocycles. The highest BCUT2D eigenvalue weighted by Crippen LogP contribution is 2.21. The van der Waals surface area contributed by atoms with Crippen LogP contribution >= 0.6 is 0 Å². The zero-order valence-electron chi connectivity index (χ0n) is 15.9. The zero-order chi connectivity index (χ0) is 19.2. The third-order valence-electron chi connectivity index (χ3n) is 5.55. The molecule has 1 N–H and O–H groups in total. The summed E-state index contributed by atoms with van der Waals surface area (Å²) in [5.41, 5.74) is 0.996. The van der Waals surface area contributed by atoms with Crippen LogP contribution in [-0.4, -0.2) is 77.3 Å². The third kappa shape index (κ3) is 5.35. The van der Waals surface area contributed by atoms with Crippen LogP contribution < -0.4 is 0 Å². The molecule has 7 nitrogen and oxygen atoms in total. The van der Waals surface area contributed by atoms with Crippen molar-refractivity contribution in [1.82, 2.24) is 14.7 Å². The first-order valence-electron chi connectivity index (χ1n) is 9.70. The van der Waals surface area contributed by atoms with Crippen LogP contribution in [-0.2, 0) is 11.3 Å². The summed E-state index contributed by atoms with van der Waals surface area (Å²) in [6.07, 6.45) is 0.868. The Bertz CT molecular complexity index is 631. The third-order valence-corrected chi connectivity index (χ3v) is 5.55. The van der Waals surface area contributed by atoms with Gasteiger partial charge in [-0.2, -0.15) is 0 Å². The average molecular weight is 375 g/mol. The predicted octanol–water partition coefficient (Wildman–Crippen LogP) is 2.72. The van der Waals surface area contributed by atoms with Gasteiger partial charge in [0.15, 0.2) is 0 Å². The second-order valence-corrected chi connectivity index (χ2v) is 7.56. The van der Waals surface area contributed by atoms with Gasteiger partial charge in [0.1, 0.15) is 6.61 Å². The maximum absolute atomic E-state index is 12.2. The first kappa shape index (κ1) is 19.5. The molecule has 2 amide bonds. The molecule has 3 rings (SSSR count). The molecular formula is C20H29N3O4. The van der Waals surface area contributed by atoms with Crippen molar-refractivity contribution in [1.29, 1.82) is 0 Å². The van der Waals surface area contributed by atoms with Gasteiger partial charge in [-0.05, 0) is 31.2 Å². The number of ether oxygens (including phenoxy) is 1. The maximum Gasteiger partial charge on any atom is 0.410 e. The number of hydrogen-bond donors (Lipinski definition) is 1. The number of piperazine rings is 1. The number of piperidine rings is 1. The van der Waals surface area contributed by atoms with Crippen molar-refractivity contribution in [2.75, 3.05) is 39.3 Å². The minimum Gasteiger partial charge on any atom is -0.465 e. The average Bonchev–Trinajstić information content (AvgIpc) is 2.67. The Morgan fingerprint density at radius 2 is 1.81 bits per heavy atom. The van der Waals surface area contributed by atoms with E-state index in [0.29, 0.717) is 19.1 Å². The Balaban J connectivity index is 1.37. The van der Waals surface area contributed by atoms with Crippen LogP contribution in [0.25, 0.3) is 0 Å². The normalized spacial score (nSPS) is 21.9. The van der Waals surface area contributed by atoms with Crippen molar-refractivity contribution in [3.63, 3.8) is 0 Å². The SMILES string of the molecule is C[C@@H]1CN(CC2CCN(C(=O)OCc3ccccc3)CC2)CCN1C(=O)O. The molecule has 2 fully saturated rings. The standard InChI is InChI=1S/C20H29N3O4/c1-16-13-21(11-12-23(16)19(24)25)14-17-7-9-22(10-8-17)20(26)27-15-18-5-3-2-4-6-18/h2-6,16-17H,7-15H2,1H3,(H,24,25)/t16-/m1/s1. The summed E-state index contributed by atoms with van der Waals surface area (Å²) in [4.78, 5) is 29.1. The van der Waals surface area contributed by atoms with Crippen LogP contribution in [0.5, 0.6) is 0 Å². The Kier molecular flexibility index (Phi) is 6.55. The van der Waals surface area contributed by atoms with Crippen LogP contribution in [0.3, 0.4) is 0 Å². The Hall–Kier alpha value is -2.28. The molecule has 1 atom stereocenters. The summed E-state index contributed by atoms with van der Waals surface area (Å²) in [5.74, 6) is 0.548. The molecule has 0 saturated carbocycles. The number of carbonyl (C=O) groups is 2. The molecule has 2 aliphatic heterocycles. The van der Waals surface area contributed by atoms with Gasteiger partial charge in [-0.25, -0.2) is 9.59 Å². The summed E-state index contributed by atoms with van der Waals surface area (Å²) < 4.78 is 5.42. The first-order chi connectivity index (χ1) is 13.0. The van der Waals surface area contributed by atoms with E-state index in [1.54, 1.807) is 4.90 Å². The predicted molar refractivity (Wildman–Crippen MR) is 102 cm³/mol. The van der Waals surface area contributed by atoms with Gasteiger partial charge < -0.3 is 19.6 Å². The molecule has 27 heavy (non-hydrogen) atoms. The van der Waals surface area contributed by atoms with E-state index in [1.807, 2.05) is 37.3 Å². The summed E-state index contributed by atoms with van der Waals surface area (Å²) in [7, 11) is 0. The molecule has 0 unspecified atom stereocenters. The Labute approximate surface area is 160 Å². The number of rotatable bonds is 4. The molecule has 2 heterocycles. The number of carbonyl (C=O) groups excluding carboxylic acids is 1. The van der Waals surface area contributed by atoms with Crippen LogP contribution in [0, 0.1) is 5.92 Å². The monoisotopic (exact) mass is 375 g/mol. The van der Waals surface area contributed by atoms with Crippen LogP contribution in [0.4, 0.5) is 9.59 Å². The highest BCUT2D eigenvalue weighted by molar-refractivity contribution is 5.67. The number of likely N-dealkylation sites (tertiary alicyclic amines) is 1. The van der Waals surface area contributed by atoms with Gasteiger partial charge >= 0.3 is 12.2 Å². The first-order valence-corrected chi connectivity index (χ1v) is 9.70. The van der Waals surface area contributed by atoms with E-state index >= 15 is 0 Å². The van der Waals surface area contributed by atoms with Crippen LogP contribution in [0.1, 0.15) is 25.3 Å². The number of hydrogen-bond acceptors (Lipinski definition) is 4. The van der Waals surface area contributed by atoms with E-state index in [4.69, 9.17) is 4.74 Å². The highest BCUT2D eigenvalue weighted by atomic mass is 16.6. The van der Waals surface area contributed by atoms with E-state index in [-0.39, 0.29) is 12.1 Å².